The Labute approximate surface area is 178 Å². The van der Waals surface area contributed by atoms with E-state index in [-0.39, 0.29) is 29.5 Å². The predicted octanol–water partition coefficient (Wildman–Crippen LogP) is 3.00. The van der Waals surface area contributed by atoms with Crippen molar-refractivity contribution in [1.82, 2.24) is 10.2 Å². The standard InChI is InChI=1S/C20H36N2O6S/c1-13(2)11-14(15(18(25)26)12-29-20(3,4)5)17(24)21-10-8-9-16(23)22(6)19(27)28-7/h13-15H,8-12H2,1-7H3,(H,21,24)(H,25,26)/t14-,15+/m1/s1. The molecule has 2 N–H and O–H groups in total. The second kappa shape index (κ2) is 12.7. The van der Waals surface area contributed by atoms with E-state index < -0.39 is 29.8 Å². The van der Waals surface area contributed by atoms with Crippen LogP contribution < -0.4 is 5.32 Å². The maximum absolute atomic E-state index is 12.7. The van der Waals surface area contributed by atoms with Crippen molar-refractivity contribution in [3.8, 4) is 0 Å². The molecule has 0 unspecified atom stereocenters. The van der Waals surface area contributed by atoms with Crippen molar-refractivity contribution in [3.05, 3.63) is 0 Å². The summed E-state index contributed by atoms with van der Waals surface area (Å²) in [6.45, 7) is 10.2. The summed E-state index contributed by atoms with van der Waals surface area (Å²) in [5.41, 5.74) is 0. The summed E-state index contributed by atoms with van der Waals surface area (Å²) in [4.78, 5) is 48.6. The van der Waals surface area contributed by atoms with Gasteiger partial charge in [-0.3, -0.25) is 19.3 Å². The molecule has 0 bridgehead atoms. The summed E-state index contributed by atoms with van der Waals surface area (Å²) in [5.74, 6) is -2.60. The Morgan fingerprint density at radius 2 is 1.72 bits per heavy atom. The van der Waals surface area contributed by atoms with Gasteiger partial charge in [0.25, 0.3) is 0 Å². The van der Waals surface area contributed by atoms with Gasteiger partial charge in [-0.15, -0.1) is 0 Å². The lowest BCUT2D eigenvalue weighted by Gasteiger charge is -2.27. The van der Waals surface area contributed by atoms with Crippen molar-refractivity contribution < 1.29 is 29.0 Å². The Hall–Kier alpha value is -1.77. The SMILES string of the molecule is COC(=O)N(C)C(=O)CCCNC(=O)[C@H](CC(C)C)[C@H](CSC(C)(C)C)C(=O)O. The van der Waals surface area contributed by atoms with Crippen LogP contribution >= 0.6 is 11.8 Å². The maximum Gasteiger partial charge on any atom is 0.415 e. The van der Waals surface area contributed by atoms with Crippen LogP contribution in [0.3, 0.4) is 0 Å². The first-order chi connectivity index (χ1) is 13.3. The average Bonchev–Trinajstić information content (AvgIpc) is 2.61. The number of carbonyl (C=O) groups is 4. The Kier molecular flexibility index (Phi) is 11.9. The van der Waals surface area contributed by atoms with E-state index in [0.29, 0.717) is 18.6 Å². The minimum absolute atomic E-state index is 0.0724. The van der Waals surface area contributed by atoms with Crippen LogP contribution in [0.2, 0.25) is 0 Å². The zero-order valence-electron chi connectivity index (χ0n) is 18.6. The molecule has 0 aliphatic carbocycles. The zero-order chi connectivity index (χ0) is 22.8. The fourth-order valence-corrected chi connectivity index (χ4v) is 3.70. The smallest absolute Gasteiger partial charge is 0.415 e. The number of thioether (sulfide) groups is 1. The molecular weight excluding hydrogens is 396 g/mol. The largest absolute Gasteiger partial charge is 0.481 e. The highest BCUT2D eigenvalue weighted by Crippen LogP contribution is 2.31. The molecule has 0 aromatic rings. The van der Waals surface area contributed by atoms with E-state index in [1.54, 1.807) is 0 Å². The summed E-state index contributed by atoms with van der Waals surface area (Å²) in [6.07, 6.45) is 0.145. The van der Waals surface area contributed by atoms with Crippen LogP contribution in [-0.2, 0) is 19.1 Å². The number of hydrogen-bond acceptors (Lipinski definition) is 6. The van der Waals surface area contributed by atoms with E-state index in [1.165, 1.54) is 25.9 Å². The molecule has 0 spiro atoms. The molecule has 9 heteroatoms. The summed E-state index contributed by atoms with van der Waals surface area (Å²) < 4.78 is 4.38. The molecule has 168 valence electrons. The van der Waals surface area contributed by atoms with Crippen LogP contribution in [-0.4, -0.2) is 65.1 Å². The number of carbonyl (C=O) groups excluding carboxylic acids is 3. The van der Waals surface area contributed by atoms with Gasteiger partial charge in [-0.25, -0.2) is 4.79 Å². The highest BCUT2D eigenvalue weighted by Gasteiger charge is 2.35. The molecular formula is C20H36N2O6S. The van der Waals surface area contributed by atoms with Crippen molar-refractivity contribution in [2.24, 2.45) is 17.8 Å². The van der Waals surface area contributed by atoms with Crippen molar-refractivity contribution in [2.75, 3.05) is 26.5 Å². The minimum atomic E-state index is -0.975. The summed E-state index contributed by atoms with van der Waals surface area (Å²) in [7, 11) is 2.52. The molecule has 0 rings (SSSR count). The molecule has 2 atom stereocenters. The number of rotatable bonds is 11. The first kappa shape index (κ1) is 27.2. The fourth-order valence-electron chi connectivity index (χ4n) is 2.65. The van der Waals surface area contributed by atoms with E-state index in [4.69, 9.17) is 0 Å². The van der Waals surface area contributed by atoms with E-state index in [2.05, 4.69) is 10.1 Å². The Balaban J connectivity index is 4.87. The Morgan fingerprint density at radius 1 is 1.14 bits per heavy atom. The number of aliphatic carboxylic acids is 1. The van der Waals surface area contributed by atoms with Crippen LogP contribution in [0.5, 0.6) is 0 Å². The number of amides is 3. The number of nitrogens with zero attached hydrogens (tertiary/aromatic N) is 1. The van der Waals surface area contributed by atoms with Gasteiger partial charge >= 0.3 is 12.1 Å². The number of hydrogen-bond donors (Lipinski definition) is 2. The molecule has 29 heavy (non-hydrogen) atoms. The van der Waals surface area contributed by atoms with E-state index in [0.717, 1.165) is 4.90 Å². The third kappa shape index (κ3) is 11.1. The molecule has 0 saturated heterocycles. The highest BCUT2D eigenvalue weighted by molar-refractivity contribution is 8.00. The maximum atomic E-state index is 12.7. The van der Waals surface area contributed by atoms with Crippen molar-refractivity contribution in [3.63, 3.8) is 0 Å². The quantitative estimate of drug-likeness (QED) is 0.483. The molecule has 0 aromatic carbocycles. The van der Waals surface area contributed by atoms with Gasteiger partial charge in [0, 0.05) is 30.5 Å². The Bertz CT molecular complexity index is 574. The minimum Gasteiger partial charge on any atom is -0.481 e. The van der Waals surface area contributed by atoms with Crippen molar-refractivity contribution >= 4 is 35.6 Å². The molecule has 3 amide bonds. The van der Waals surface area contributed by atoms with E-state index in [9.17, 15) is 24.3 Å². The monoisotopic (exact) mass is 432 g/mol. The molecule has 0 radical (unpaired) electrons. The molecule has 0 fully saturated rings. The first-order valence-electron chi connectivity index (χ1n) is 9.79. The van der Waals surface area contributed by atoms with E-state index >= 15 is 0 Å². The second-order valence-electron chi connectivity index (χ2n) is 8.42. The van der Waals surface area contributed by atoms with Gasteiger partial charge in [0.1, 0.15) is 0 Å². The Morgan fingerprint density at radius 3 is 2.17 bits per heavy atom. The second-order valence-corrected chi connectivity index (χ2v) is 10.3. The molecule has 0 aromatic heterocycles. The fraction of sp³-hybridized carbons (Fsp3) is 0.800. The van der Waals surface area contributed by atoms with Gasteiger partial charge in [0.15, 0.2) is 0 Å². The van der Waals surface area contributed by atoms with Gasteiger partial charge in [-0.2, -0.15) is 11.8 Å². The van der Waals surface area contributed by atoms with Crippen LogP contribution in [0.4, 0.5) is 4.79 Å². The van der Waals surface area contributed by atoms with Gasteiger partial charge < -0.3 is 15.2 Å². The predicted molar refractivity (Wildman–Crippen MR) is 114 cm³/mol. The molecule has 0 aliphatic heterocycles. The lowest BCUT2D eigenvalue weighted by molar-refractivity contribution is -0.146. The number of carboxylic acids is 1. The molecule has 8 nitrogen and oxygen atoms in total. The summed E-state index contributed by atoms with van der Waals surface area (Å²) >= 11 is 1.53. The number of nitrogens with one attached hydrogen (secondary N) is 1. The number of methoxy groups -OCH3 is 1. The number of carboxylic acid groups (broad SMARTS) is 1. The van der Waals surface area contributed by atoms with Crippen LogP contribution in [0.25, 0.3) is 0 Å². The topological polar surface area (TPSA) is 113 Å². The van der Waals surface area contributed by atoms with Crippen LogP contribution in [0.1, 0.15) is 53.9 Å². The van der Waals surface area contributed by atoms with Gasteiger partial charge in [-0.05, 0) is 18.8 Å². The average molecular weight is 433 g/mol. The lowest BCUT2D eigenvalue weighted by Crippen LogP contribution is -2.41. The summed E-state index contributed by atoms with van der Waals surface area (Å²) in [6, 6.07) is 0. The summed E-state index contributed by atoms with van der Waals surface area (Å²) in [5, 5.41) is 12.5. The lowest BCUT2D eigenvalue weighted by atomic mass is 9.85. The van der Waals surface area contributed by atoms with Gasteiger partial charge in [-0.1, -0.05) is 34.6 Å². The highest BCUT2D eigenvalue weighted by atomic mass is 32.2. The number of ether oxygens (including phenoxy) is 1. The van der Waals surface area contributed by atoms with Crippen molar-refractivity contribution in [2.45, 2.75) is 58.6 Å². The zero-order valence-corrected chi connectivity index (χ0v) is 19.4. The van der Waals surface area contributed by atoms with Crippen LogP contribution in [0, 0.1) is 17.8 Å². The third-order valence-corrected chi connectivity index (χ3v) is 5.64. The van der Waals surface area contributed by atoms with Gasteiger partial charge in [0.05, 0.1) is 18.9 Å². The van der Waals surface area contributed by atoms with E-state index in [1.807, 2.05) is 34.6 Å². The normalized spacial score (nSPS) is 13.5. The molecule has 0 aliphatic rings. The molecule has 0 saturated carbocycles. The third-order valence-electron chi connectivity index (χ3n) is 4.25. The van der Waals surface area contributed by atoms with Gasteiger partial charge in [0.2, 0.25) is 11.8 Å². The van der Waals surface area contributed by atoms with Crippen LogP contribution in [0.15, 0.2) is 0 Å². The first-order valence-corrected chi connectivity index (χ1v) is 10.8. The molecule has 0 heterocycles. The number of imide groups is 1. The van der Waals surface area contributed by atoms with Crippen molar-refractivity contribution in [1.29, 1.82) is 0 Å².